The van der Waals surface area contributed by atoms with Crippen molar-refractivity contribution in [2.75, 3.05) is 11.9 Å². The summed E-state index contributed by atoms with van der Waals surface area (Å²) in [6, 6.07) is 8.46. The molecule has 0 aliphatic carbocycles. The lowest BCUT2D eigenvalue weighted by Crippen LogP contribution is -2.45. The fourth-order valence-corrected chi connectivity index (χ4v) is 2.26. The molecule has 0 amide bonds. The molecule has 2 unspecified atom stereocenters. The summed E-state index contributed by atoms with van der Waals surface area (Å²) in [6.45, 7) is 2.64. The van der Waals surface area contributed by atoms with Crippen LogP contribution in [0.15, 0.2) is 24.3 Å². The van der Waals surface area contributed by atoms with Gasteiger partial charge in [0.15, 0.2) is 0 Å². The fraction of sp³-hybridized carbons (Fsp3) is 0.500. The Morgan fingerprint density at radius 1 is 1.50 bits per heavy atom. The van der Waals surface area contributed by atoms with Gasteiger partial charge >= 0.3 is 0 Å². The molecule has 1 aromatic rings. The van der Waals surface area contributed by atoms with Crippen molar-refractivity contribution < 1.29 is 9.13 Å². The summed E-state index contributed by atoms with van der Waals surface area (Å²) >= 11 is 0. The first-order valence-electron chi connectivity index (χ1n) is 6.24. The molecular formula is C14H17FN2O. The number of hydrogen-bond acceptors (Lipinski definition) is 3. The Morgan fingerprint density at radius 3 is 2.83 bits per heavy atom. The second kappa shape index (κ2) is 5.36. The number of nitriles is 1. The summed E-state index contributed by atoms with van der Waals surface area (Å²) in [5.41, 5.74) is 0.172. The van der Waals surface area contributed by atoms with E-state index in [0.29, 0.717) is 19.4 Å². The lowest BCUT2D eigenvalue weighted by Gasteiger charge is -2.36. The van der Waals surface area contributed by atoms with E-state index >= 15 is 0 Å². The van der Waals surface area contributed by atoms with Crippen molar-refractivity contribution >= 4 is 5.69 Å². The van der Waals surface area contributed by atoms with E-state index in [1.807, 2.05) is 0 Å². The quantitative estimate of drug-likeness (QED) is 0.894. The Morgan fingerprint density at radius 2 is 2.22 bits per heavy atom. The van der Waals surface area contributed by atoms with E-state index in [4.69, 9.17) is 4.74 Å². The number of nitrogens with zero attached hydrogens (tertiary/aromatic N) is 1. The summed E-state index contributed by atoms with van der Waals surface area (Å²) in [5.74, 6) is -0.273. The van der Waals surface area contributed by atoms with Crippen molar-refractivity contribution in [3.63, 3.8) is 0 Å². The van der Waals surface area contributed by atoms with Crippen molar-refractivity contribution in [1.82, 2.24) is 0 Å². The summed E-state index contributed by atoms with van der Waals surface area (Å²) in [7, 11) is 0. The van der Waals surface area contributed by atoms with E-state index in [0.717, 1.165) is 12.1 Å². The van der Waals surface area contributed by atoms with Crippen LogP contribution in [-0.2, 0) is 4.74 Å². The van der Waals surface area contributed by atoms with Gasteiger partial charge in [0.05, 0.1) is 18.8 Å². The summed E-state index contributed by atoms with van der Waals surface area (Å²) in [6.07, 6.45) is 2.33. The van der Waals surface area contributed by atoms with Crippen LogP contribution in [0, 0.1) is 17.1 Å². The second-order valence-corrected chi connectivity index (χ2v) is 4.68. The number of nitrogens with one attached hydrogen (secondary N) is 1. The van der Waals surface area contributed by atoms with E-state index in [2.05, 4.69) is 18.3 Å². The van der Waals surface area contributed by atoms with Gasteiger partial charge in [-0.25, -0.2) is 4.39 Å². The maximum Gasteiger partial charge on any atom is 0.130 e. The highest BCUT2D eigenvalue weighted by atomic mass is 19.1. The van der Waals surface area contributed by atoms with Gasteiger partial charge in [0.25, 0.3) is 0 Å². The molecule has 0 bridgehead atoms. The molecule has 1 aromatic carbocycles. The van der Waals surface area contributed by atoms with E-state index in [1.54, 1.807) is 12.1 Å². The molecule has 1 fully saturated rings. The Hall–Kier alpha value is -1.60. The minimum Gasteiger partial charge on any atom is -0.378 e. The minimum absolute atomic E-state index is 0.117. The van der Waals surface area contributed by atoms with Gasteiger partial charge in [0, 0.05) is 18.5 Å². The number of rotatable bonds is 3. The Bertz CT molecular complexity index is 440. The van der Waals surface area contributed by atoms with Crippen LogP contribution in [0.3, 0.4) is 0 Å². The Labute approximate surface area is 107 Å². The lowest BCUT2D eigenvalue weighted by atomic mass is 9.87. The van der Waals surface area contributed by atoms with Gasteiger partial charge in [-0.1, -0.05) is 6.92 Å². The standard InChI is InChI=1S/C14H17FN2O/c1-2-13-9-14(10-16,7-8-18-13)17-12-5-3-11(15)4-6-12/h3-6,13,17H,2,7-9H2,1H3. The van der Waals surface area contributed by atoms with E-state index in [-0.39, 0.29) is 11.9 Å². The van der Waals surface area contributed by atoms with Gasteiger partial charge in [-0.2, -0.15) is 5.26 Å². The van der Waals surface area contributed by atoms with E-state index < -0.39 is 5.54 Å². The van der Waals surface area contributed by atoms with Gasteiger partial charge < -0.3 is 10.1 Å². The number of ether oxygens (including phenoxy) is 1. The zero-order chi connectivity index (χ0) is 13.0. The number of anilines is 1. The predicted molar refractivity (Wildman–Crippen MR) is 67.6 cm³/mol. The molecule has 1 aliphatic heterocycles. The monoisotopic (exact) mass is 248 g/mol. The normalized spacial score (nSPS) is 27.5. The first kappa shape index (κ1) is 12.8. The third-order valence-corrected chi connectivity index (χ3v) is 3.36. The maximum absolute atomic E-state index is 12.8. The second-order valence-electron chi connectivity index (χ2n) is 4.68. The van der Waals surface area contributed by atoms with E-state index in [9.17, 15) is 9.65 Å². The molecule has 18 heavy (non-hydrogen) atoms. The van der Waals surface area contributed by atoms with Crippen molar-refractivity contribution in [2.45, 2.75) is 37.8 Å². The zero-order valence-electron chi connectivity index (χ0n) is 10.4. The van der Waals surface area contributed by atoms with Crippen LogP contribution < -0.4 is 5.32 Å². The molecule has 2 atom stereocenters. The Kier molecular flexibility index (Phi) is 3.83. The average molecular weight is 248 g/mol. The zero-order valence-corrected chi connectivity index (χ0v) is 10.4. The van der Waals surface area contributed by atoms with Crippen LogP contribution >= 0.6 is 0 Å². The lowest BCUT2D eigenvalue weighted by molar-refractivity contribution is -0.00304. The van der Waals surface area contributed by atoms with Crippen LogP contribution in [0.1, 0.15) is 26.2 Å². The van der Waals surface area contributed by atoms with Crippen LogP contribution in [-0.4, -0.2) is 18.2 Å². The van der Waals surface area contributed by atoms with Gasteiger partial charge in [-0.3, -0.25) is 0 Å². The molecule has 96 valence electrons. The highest BCUT2D eigenvalue weighted by Gasteiger charge is 2.36. The van der Waals surface area contributed by atoms with Crippen LogP contribution in [0.4, 0.5) is 10.1 Å². The molecule has 1 aliphatic rings. The maximum atomic E-state index is 12.8. The summed E-state index contributed by atoms with van der Waals surface area (Å²) < 4.78 is 18.4. The smallest absolute Gasteiger partial charge is 0.130 e. The third kappa shape index (κ3) is 2.80. The molecule has 4 heteroatoms. The number of halogens is 1. The number of benzene rings is 1. The van der Waals surface area contributed by atoms with Crippen molar-refractivity contribution in [3.05, 3.63) is 30.1 Å². The SMILES string of the molecule is CCC1CC(C#N)(Nc2ccc(F)cc2)CCO1. The molecule has 2 rings (SSSR count). The fourth-order valence-electron chi connectivity index (χ4n) is 2.26. The first-order valence-corrected chi connectivity index (χ1v) is 6.24. The molecule has 1 saturated heterocycles. The molecule has 0 spiro atoms. The molecule has 0 saturated carbocycles. The predicted octanol–water partition coefficient (Wildman–Crippen LogP) is 3.09. The molecule has 0 aromatic heterocycles. The minimum atomic E-state index is -0.600. The van der Waals surface area contributed by atoms with Gasteiger partial charge in [-0.15, -0.1) is 0 Å². The van der Waals surface area contributed by atoms with Gasteiger partial charge in [-0.05, 0) is 30.7 Å². The largest absolute Gasteiger partial charge is 0.378 e. The third-order valence-electron chi connectivity index (χ3n) is 3.36. The van der Waals surface area contributed by atoms with Crippen molar-refractivity contribution in [3.8, 4) is 6.07 Å². The number of hydrogen-bond donors (Lipinski definition) is 1. The first-order chi connectivity index (χ1) is 8.67. The highest BCUT2D eigenvalue weighted by Crippen LogP contribution is 2.29. The van der Waals surface area contributed by atoms with Crippen LogP contribution in [0.5, 0.6) is 0 Å². The molecule has 1 N–H and O–H groups in total. The molecule has 3 nitrogen and oxygen atoms in total. The highest BCUT2D eigenvalue weighted by molar-refractivity contribution is 5.48. The van der Waals surface area contributed by atoms with Crippen molar-refractivity contribution in [2.24, 2.45) is 0 Å². The summed E-state index contributed by atoms with van der Waals surface area (Å²) in [5, 5.41) is 12.7. The molecule has 0 radical (unpaired) electrons. The molecule has 1 heterocycles. The van der Waals surface area contributed by atoms with Crippen LogP contribution in [0.2, 0.25) is 0 Å². The van der Waals surface area contributed by atoms with Gasteiger partial charge in [0.1, 0.15) is 11.4 Å². The van der Waals surface area contributed by atoms with Crippen LogP contribution in [0.25, 0.3) is 0 Å². The topological polar surface area (TPSA) is 45.0 Å². The average Bonchev–Trinajstić information content (AvgIpc) is 2.42. The van der Waals surface area contributed by atoms with Crippen molar-refractivity contribution in [1.29, 1.82) is 5.26 Å². The summed E-state index contributed by atoms with van der Waals surface area (Å²) in [4.78, 5) is 0. The van der Waals surface area contributed by atoms with Gasteiger partial charge in [0.2, 0.25) is 0 Å². The Balaban J connectivity index is 2.13. The van der Waals surface area contributed by atoms with E-state index in [1.165, 1.54) is 12.1 Å². The molecular weight excluding hydrogens is 231 g/mol.